The zero-order chi connectivity index (χ0) is 18.9. The average molecular weight is 354 g/mol. The Kier molecular flexibility index (Phi) is 6.91. The van der Waals surface area contributed by atoms with E-state index in [1.807, 2.05) is 12.1 Å². The van der Waals surface area contributed by atoms with Crippen molar-refractivity contribution in [1.29, 1.82) is 0 Å². The zero-order valence-electron chi connectivity index (χ0n) is 14.6. The van der Waals surface area contributed by atoms with Gasteiger partial charge in [-0.1, -0.05) is 31.2 Å². The van der Waals surface area contributed by atoms with Gasteiger partial charge in [0.15, 0.2) is 0 Å². The van der Waals surface area contributed by atoms with Crippen molar-refractivity contribution in [2.45, 2.75) is 26.2 Å². The Bertz CT molecular complexity index is 767. The molecule has 0 aliphatic rings. The first-order chi connectivity index (χ1) is 12.5. The van der Waals surface area contributed by atoms with Gasteiger partial charge in [-0.2, -0.15) is 0 Å². The van der Waals surface area contributed by atoms with Gasteiger partial charge in [0.25, 0.3) is 5.91 Å². The molecule has 0 atom stereocenters. The molecule has 0 heterocycles. The van der Waals surface area contributed by atoms with Crippen LogP contribution in [0.4, 0.5) is 5.69 Å². The van der Waals surface area contributed by atoms with Crippen LogP contribution in [-0.2, 0) is 22.4 Å². The monoisotopic (exact) mass is 354 g/mol. The quantitative estimate of drug-likeness (QED) is 0.679. The lowest BCUT2D eigenvalue weighted by atomic mass is 10.1. The van der Waals surface area contributed by atoms with E-state index in [4.69, 9.17) is 5.11 Å². The van der Waals surface area contributed by atoms with Crippen molar-refractivity contribution in [2.24, 2.45) is 0 Å². The molecule has 0 radical (unpaired) electrons. The van der Waals surface area contributed by atoms with E-state index in [0.717, 1.165) is 12.0 Å². The van der Waals surface area contributed by atoms with Crippen LogP contribution >= 0.6 is 0 Å². The summed E-state index contributed by atoms with van der Waals surface area (Å²) in [6, 6.07) is 14.5. The second-order valence-corrected chi connectivity index (χ2v) is 5.87. The van der Waals surface area contributed by atoms with Gasteiger partial charge in [-0.15, -0.1) is 0 Å². The minimum atomic E-state index is -1.11. The van der Waals surface area contributed by atoms with E-state index in [0.29, 0.717) is 24.1 Å². The SMILES string of the molecule is CCc1ccc(CCC(=O)Nc2ccc(C(=O)NCC(=O)O)cc2)cc1. The van der Waals surface area contributed by atoms with Crippen LogP contribution in [0.1, 0.15) is 34.8 Å². The van der Waals surface area contributed by atoms with Crippen LogP contribution in [0.3, 0.4) is 0 Å². The fraction of sp³-hybridized carbons (Fsp3) is 0.250. The summed E-state index contributed by atoms with van der Waals surface area (Å²) in [6.45, 7) is 1.67. The van der Waals surface area contributed by atoms with Crippen molar-refractivity contribution in [3.05, 3.63) is 65.2 Å². The van der Waals surface area contributed by atoms with Gasteiger partial charge in [-0.05, 0) is 48.2 Å². The summed E-state index contributed by atoms with van der Waals surface area (Å²) in [5.74, 6) is -1.68. The predicted molar refractivity (Wildman–Crippen MR) is 99.2 cm³/mol. The molecule has 3 N–H and O–H groups in total. The first kappa shape index (κ1) is 19.2. The minimum absolute atomic E-state index is 0.104. The summed E-state index contributed by atoms with van der Waals surface area (Å²) in [6.07, 6.45) is 2.02. The molecule has 2 amide bonds. The topological polar surface area (TPSA) is 95.5 Å². The number of hydrogen-bond acceptors (Lipinski definition) is 3. The van der Waals surface area contributed by atoms with E-state index in [1.165, 1.54) is 17.7 Å². The van der Waals surface area contributed by atoms with E-state index < -0.39 is 18.4 Å². The number of hydrogen-bond donors (Lipinski definition) is 3. The molecule has 0 saturated heterocycles. The number of rotatable bonds is 8. The smallest absolute Gasteiger partial charge is 0.322 e. The first-order valence-electron chi connectivity index (χ1n) is 8.45. The highest BCUT2D eigenvalue weighted by Gasteiger charge is 2.08. The van der Waals surface area contributed by atoms with Crippen LogP contribution in [0, 0.1) is 0 Å². The Balaban J connectivity index is 1.82. The predicted octanol–water partition coefficient (Wildman–Crippen LogP) is 2.63. The van der Waals surface area contributed by atoms with E-state index in [9.17, 15) is 14.4 Å². The Morgan fingerprint density at radius 1 is 0.923 bits per heavy atom. The summed E-state index contributed by atoms with van der Waals surface area (Å²) in [7, 11) is 0. The highest BCUT2D eigenvalue weighted by atomic mass is 16.4. The molecule has 6 heteroatoms. The van der Waals surface area contributed by atoms with Gasteiger partial charge >= 0.3 is 5.97 Å². The molecule has 0 fully saturated rings. The molecule has 0 saturated carbocycles. The van der Waals surface area contributed by atoms with Gasteiger partial charge in [-0.3, -0.25) is 14.4 Å². The van der Waals surface area contributed by atoms with Gasteiger partial charge < -0.3 is 15.7 Å². The minimum Gasteiger partial charge on any atom is -0.480 e. The maximum atomic E-state index is 12.0. The number of aryl methyl sites for hydroxylation is 2. The largest absolute Gasteiger partial charge is 0.480 e. The third kappa shape index (κ3) is 6.05. The first-order valence-corrected chi connectivity index (χ1v) is 8.45. The van der Waals surface area contributed by atoms with E-state index >= 15 is 0 Å². The third-order valence-corrected chi connectivity index (χ3v) is 3.90. The average Bonchev–Trinajstić information content (AvgIpc) is 2.65. The normalized spacial score (nSPS) is 10.2. The van der Waals surface area contributed by atoms with Crippen molar-refractivity contribution < 1.29 is 19.5 Å². The van der Waals surface area contributed by atoms with Gasteiger partial charge in [0, 0.05) is 17.7 Å². The van der Waals surface area contributed by atoms with Crippen molar-refractivity contribution in [2.75, 3.05) is 11.9 Å². The highest BCUT2D eigenvalue weighted by Crippen LogP contribution is 2.12. The standard InChI is InChI=1S/C20H22N2O4/c1-2-14-3-5-15(6-4-14)7-12-18(23)22-17-10-8-16(9-11-17)20(26)21-13-19(24)25/h3-6,8-11H,2,7,12-13H2,1H3,(H,21,26)(H,22,23)(H,24,25). The number of carboxylic acid groups (broad SMARTS) is 1. The molecule has 0 bridgehead atoms. The van der Waals surface area contributed by atoms with Gasteiger partial charge in [-0.25, -0.2) is 0 Å². The molecule has 0 aliphatic heterocycles. The summed E-state index contributed by atoms with van der Waals surface area (Å²) in [4.78, 5) is 34.2. The molecule has 0 unspecified atom stereocenters. The second-order valence-electron chi connectivity index (χ2n) is 5.87. The molecule has 136 valence electrons. The van der Waals surface area contributed by atoms with Crippen LogP contribution in [-0.4, -0.2) is 29.4 Å². The van der Waals surface area contributed by atoms with Crippen LogP contribution < -0.4 is 10.6 Å². The van der Waals surface area contributed by atoms with Crippen LogP contribution in [0.5, 0.6) is 0 Å². The summed E-state index contributed by atoms with van der Waals surface area (Å²) in [5, 5.41) is 13.6. The van der Waals surface area contributed by atoms with Crippen LogP contribution in [0.25, 0.3) is 0 Å². The summed E-state index contributed by atoms with van der Waals surface area (Å²) in [5.41, 5.74) is 3.31. The second kappa shape index (κ2) is 9.36. The molecule has 26 heavy (non-hydrogen) atoms. The maximum Gasteiger partial charge on any atom is 0.322 e. The van der Waals surface area contributed by atoms with Gasteiger partial charge in [0.1, 0.15) is 6.54 Å². The van der Waals surface area contributed by atoms with Crippen molar-refractivity contribution in [3.63, 3.8) is 0 Å². The van der Waals surface area contributed by atoms with E-state index in [1.54, 1.807) is 12.1 Å². The molecule has 2 aromatic carbocycles. The zero-order valence-corrected chi connectivity index (χ0v) is 14.6. The molecule has 0 aromatic heterocycles. The van der Waals surface area contributed by atoms with Gasteiger partial charge in [0.2, 0.25) is 5.91 Å². The summed E-state index contributed by atoms with van der Waals surface area (Å²) >= 11 is 0. The number of carbonyl (C=O) groups is 3. The Morgan fingerprint density at radius 2 is 1.54 bits per heavy atom. The maximum absolute atomic E-state index is 12.0. The number of nitrogens with one attached hydrogen (secondary N) is 2. The number of carbonyl (C=O) groups excluding carboxylic acids is 2. The lowest BCUT2D eigenvalue weighted by Crippen LogP contribution is -2.29. The van der Waals surface area contributed by atoms with Crippen LogP contribution in [0.2, 0.25) is 0 Å². The number of aliphatic carboxylic acids is 1. The number of benzene rings is 2. The molecule has 2 aromatic rings. The molecule has 2 rings (SSSR count). The molecule has 6 nitrogen and oxygen atoms in total. The fourth-order valence-corrected chi connectivity index (χ4v) is 2.39. The van der Waals surface area contributed by atoms with Crippen molar-refractivity contribution >= 4 is 23.5 Å². The molecular formula is C20H22N2O4. The fourth-order valence-electron chi connectivity index (χ4n) is 2.39. The van der Waals surface area contributed by atoms with Crippen molar-refractivity contribution in [1.82, 2.24) is 5.32 Å². The molecule has 0 spiro atoms. The number of carboxylic acids is 1. The lowest BCUT2D eigenvalue weighted by Gasteiger charge is -2.07. The third-order valence-electron chi connectivity index (χ3n) is 3.90. The Labute approximate surface area is 152 Å². The Morgan fingerprint density at radius 3 is 2.12 bits per heavy atom. The van der Waals surface area contributed by atoms with Gasteiger partial charge in [0.05, 0.1) is 0 Å². The van der Waals surface area contributed by atoms with Crippen molar-refractivity contribution in [3.8, 4) is 0 Å². The highest BCUT2D eigenvalue weighted by molar-refractivity contribution is 5.97. The number of anilines is 1. The number of amides is 2. The lowest BCUT2D eigenvalue weighted by molar-refractivity contribution is -0.135. The van der Waals surface area contributed by atoms with E-state index in [2.05, 4.69) is 29.7 Å². The van der Waals surface area contributed by atoms with Crippen LogP contribution in [0.15, 0.2) is 48.5 Å². The van der Waals surface area contributed by atoms with E-state index in [-0.39, 0.29) is 5.91 Å². The Hall–Kier alpha value is -3.15. The summed E-state index contributed by atoms with van der Waals surface area (Å²) < 4.78 is 0. The molecular weight excluding hydrogens is 332 g/mol. The molecule has 0 aliphatic carbocycles.